The third-order valence-corrected chi connectivity index (χ3v) is 3.17. The van der Waals surface area contributed by atoms with Gasteiger partial charge in [0.05, 0.1) is 6.21 Å². The van der Waals surface area contributed by atoms with Crippen LogP contribution in [0.25, 0.3) is 0 Å². The molecule has 1 aromatic rings. The molecule has 0 aliphatic rings. The second-order valence-electron chi connectivity index (χ2n) is 4.55. The monoisotopic (exact) mass is 286 g/mol. The minimum Gasteiger partial charge on any atom is -0.319 e. The molecule has 0 aromatic carbocycles. The molecule has 0 spiro atoms. The summed E-state index contributed by atoms with van der Waals surface area (Å²) in [6.07, 6.45) is 3.05. The summed E-state index contributed by atoms with van der Waals surface area (Å²) in [6, 6.07) is 1.86. The van der Waals surface area contributed by atoms with Gasteiger partial charge in [-0.1, -0.05) is 37.5 Å². The maximum Gasteiger partial charge on any atom is 0.331 e. The van der Waals surface area contributed by atoms with Crippen LogP contribution in [0.1, 0.15) is 33.3 Å². The van der Waals surface area contributed by atoms with Gasteiger partial charge in [0.15, 0.2) is 0 Å². The molecule has 0 N–H and O–H groups in total. The van der Waals surface area contributed by atoms with Crippen molar-refractivity contribution >= 4 is 35.5 Å². The Morgan fingerprint density at radius 3 is 2.78 bits per heavy atom. The maximum absolute atomic E-state index is 10.6. The van der Waals surface area contributed by atoms with Crippen molar-refractivity contribution < 1.29 is 9.63 Å². The molecule has 1 rings (SSSR count). The number of carbonyl (C=O) groups excluding carboxylic acids is 1. The van der Waals surface area contributed by atoms with Gasteiger partial charge in [-0.2, -0.15) is 0 Å². The fourth-order valence-electron chi connectivity index (χ4n) is 1.12. The van der Waals surface area contributed by atoms with Crippen molar-refractivity contribution in [1.82, 2.24) is 4.98 Å². The summed E-state index contributed by atoms with van der Waals surface area (Å²) in [7, 11) is 0. The van der Waals surface area contributed by atoms with Crippen LogP contribution in [0.15, 0.2) is 22.3 Å². The van der Waals surface area contributed by atoms with Crippen molar-refractivity contribution in [3.05, 3.63) is 23.0 Å². The summed E-state index contributed by atoms with van der Waals surface area (Å²) in [6.45, 7) is 7.57. The molecule has 0 amide bonds. The Kier molecular flexibility index (Phi) is 5.16. The van der Waals surface area contributed by atoms with Crippen LogP contribution >= 0.6 is 23.4 Å². The van der Waals surface area contributed by atoms with Crippen molar-refractivity contribution in [1.29, 1.82) is 0 Å². The third-order valence-electron chi connectivity index (χ3n) is 1.68. The van der Waals surface area contributed by atoms with Gasteiger partial charge in [-0.3, -0.25) is 0 Å². The zero-order valence-corrected chi connectivity index (χ0v) is 12.3. The number of aromatic nitrogens is 1. The van der Waals surface area contributed by atoms with E-state index in [4.69, 9.17) is 11.6 Å². The van der Waals surface area contributed by atoms with Crippen LogP contribution in [-0.2, 0) is 9.63 Å². The zero-order chi connectivity index (χ0) is 13.8. The van der Waals surface area contributed by atoms with Gasteiger partial charge in [0.2, 0.25) is 0 Å². The fraction of sp³-hybridized carbons (Fsp3) is 0.417. The normalized spacial score (nSPS) is 11.8. The second kappa shape index (κ2) is 6.20. The molecule has 0 radical (unpaired) electrons. The van der Waals surface area contributed by atoms with Gasteiger partial charge in [0, 0.05) is 28.3 Å². The minimum absolute atomic E-state index is 0.0364. The van der Waals surface area contributed by atoms with E-state index in [0.29, 0.717) is 10.7 Å². The largest absolute Gasteiger partial charge is 0.331 e. The van der Waals surface area contributed by atoms with E-state index in [1.54, 1.807) is 18.0 Å². The van der Waals surface area contributed by atoms with Crippen molar-refractivity contribution in [2.24, 2.45) is 5.16 Å². The molecule has 18 heavy (non-hydrogen) atoms. The summed E-state index contributed by atoms with van der Waals surface area (Å²) >= 11 is 7.66. The number of halogens is 1. The van der Waals surface area contributed by atoms with Gasteiger partial charge < -0.3 is 4.84 Å². The maximum atomic E-state index is 10.6. The zero-order valence-electron chi connectivity index (χ0n) is 10.7. The third kappa shape index (κ3) is 5.06. The first-order chi connectivity index (χ1) is 8.29. The molecule has 0 atom stereocenters. The molecule has 4 nitrogen and oxygen atoms in total. The standard InChI is InChI=1S/C12H15ClN2O2S/c1-8(16)17-15-7-9-10(18-12(2,3)4)5-6-14-11(9)13/h5-7H,1-4H3/b15-7+. The van der Waals surface area contributed by atoms with Crippen LogP contribution in [0.3, 0.4) is 0 Å². The molecule has 1 heterocycles. The smallest absolute Gasteiger partial charge is 0.319 e. The Labute approximate surface area is 116 Å². The number of thioether (sulfide) groups is 1. The van der Waals surface area contributed by atoms with Crippen molar-refractivity contribution in [2.45, 2.75) is 37.3 Å². The molecule has 1 aromatic heterocycles. The highest BCUT2D eigenvalue weighted by atomic mass is 35.5. The number of pyridine rings is 1. The van der Waals surface area contributed by atoms with Crippen LogP contribution in [0, 0.1) is 0 Å². The predicted octanol–water partition coefficient (Wildman–Crippen LogP) is 3.52. The van der Waals surface area contributed by atoms with E-state index in [-0.39, 0.29) is 4.75 Å². The van der Waals surface area contributed by atoms with Crippen molar-refractivity contribution in [3.63, 3.8) is 0 Å². The van der Waals surface area contributed by atoms with E-state index < -0.39 is 5.97 Å². The number of nitrogens with zero attached hydrogens (tertiary/aromatic N) is 2. The van der Waals surface area contributed by atoms with Gasteiger partial charge in [0.1, 0.15) is 5.15 Å². The Bertz CT molecular complexity index is 470. The van der Waals surface area contributed by atoms with E-state index in [0.717, 1.165) is 4.90 Å². The van der Waals surface area contributed by atoms with Gasteiger partial charge in [-0.25, -0.2) is 9.78 Å². The number of hydrogen-bond acceptors (Lipinski definition) is 5. The van der Waals surface area contributed by atoms with Crippen LogP contribution in [-0.4, -0.2) is 21.9 Å². The first-order valence-corrected chi connectivity index (χ1v) is 6.53. The van der Waals surface area contributed by atoms with Crippen LogP contribution in [0.4, 0.5) is 0 Å². The average Bonchev–Trinajstić information content (AvgIpc) is 2.19. The number of rotatable bonds is 3. The lowest BCUT2D eigenvalue weighted by atomic mass is 10.3. The van der Waals surface area contributed by atoms with E-state index >= 15 is 0 Å². The van der Waals surface area contributed by atoms with Gasteiger partial charge in [0.25, 0.3) is 0 Å². The Hall–Kier alpha value is -1.07. The summed E-state index contributed by atoms with van der Waals surface area (Å²) < 4.78 is 0.0364. The molecule has 0 bridgehead atoms. The van der Waals surface area contributed by atoms with E-state index in [1.165, 1.54) is 13.1 Å². The molecule has 0 aliphatic heterocycles. The Morgan fingerprint density at radius 1 is 1.56 bits per heavy atom. The minimum atomic E-state index is -0.476. The van der Waals surface area contributed by atoms with E-state index in [9.17, 15) is 4.79 Å². The van der Waals surface area contributed by atoms with Crippen LogP contribution < -0.4 is 0 Å². The van der Waals surface area contributed by atoms with Gasteiger partial charge in [-0.15, -0.1) is 11.8 Å². The molecular weight excluding hydrogens is 272 g/mol. The van der Waals surface area contributed by atoms with Crippen LogP contribution in [0.5, 0.6) is 0 Å². The summed E-state index contributed by atoms with van der Waals surface area (Å²) in [4.78, 5) is 20.1. The quantitative estimate of drug-likeness (QED) is 0.280. The molecule has 0 unspecified atom stereocenters. The van der Waals surface area contributed by atoms with E-state index in [1.807, 2.05) is 6.07 Å². The van der Waals surface area contributed by atoms with Gasteiger partial charge >= 0.3 is 5.97 Å². The number of carbonyl (C=O) groups is 1. The Balaban J connectivity index is 3.01. The highest BCUT2D eigenvalue weighted by Crippen LogP contribution is 2.35. The van der Waals surface area contributed by atoms with Crippen molar-refractivity contribution in [2.75, 3.05) is 0 Å². The molecule has 0 fully saturated rings. The topological polar surface area (TPSA) is 51.5 Å². The lowest BCUT2D eigenvalue weighted by Gasteiger charge is -2.18. The summed E-state index contributed by atoms with van der Waals surface area (Å²) in [5.41, 5.74) is 0.653. The molecule has 98 valence electrons. The lowest BCUT2D eigenvalue weighted by molar-refractivity contribution is -0.140. The molecule has 0 aliphatic carbocycles. The van der Waals surface area contributed by atoms with Crippen LogP contribution in [0.2, 0.25) is 5.15 Å². The Morgan fingerprint density at radius 2 is 2.22 bits per heavy atom. The highest BCUT2D eigenvalue weighted by molar-refractivity contribution is 8.00. The molecule has 0 saturated heterocycles. The first-order valence-electron chi connectivity index (χ1n) is 5.34. The predicted molar refractivity (Wildman–Crippen MR) is 74.2 cm³/mol. The van der Waals surface area contributed by atoms with E-state index in [2.05, 4.69) is 35.7 Å². The first kappa shape index (κ1) is 15.0. The lowest BCUT2D eigenvalue weighted by Crippen LogP contribution is -2.08. The number of oxime groups is 1. The second-order valence-corrected chi connectivity index (χ2v) is 6.77. The number of hydrogen-bond donors (Lipinski definition) is 0. The van der Waals surface area contributed by atoms with Crippen molar-refractivity contribution in [3.8, 4) is 0 Å². The summed E-state index contributed by atoms with van der Waals surface area (Å²) in [5, 5.41) is 3.91. The SMILES string of the molecule is CC(=O)O/N=C/c1c(SC(C)(C)C)ccnc1Cl. The molecule has 0 saturated carbocycles. The molecule has 6 heteroatoms. The highest BCUT2D eigenvalue weighted by Gasteiger charge is 2.16. The van der Waals surface area contributed by atoms with Gasteiger partial charge in [-0.05, 0) is 6.07 Å². The fourth-order valence-corrected chi connectivity index (χ4v) is 2.43. The molecular formula is C12H15ClN2O2S. The average molecular weight is 287 g/mol. The summed E-state index contributed by atoms with van der Waals surface area (Å²) in [5.74, 6) is -0.476.